The van der Waals surface area contributed by atoms with Crippen molar-refractivity contribution in [2.45, 2.75) is 26.7 Å². The summed E-state index contributed by atoms with van der Waals surface area (Å²) in [5.41, 5.74) is 1.85. The average molecular weight is 283 g/mol. The Morgan fingerprint density at radius 3 is 2.14 bits per heavy atom. The zero-order chi connectivity index (χ0) is 15.1. The molecule has 0 aliphatic heterocycles. The summed E-state index contributed by atoms with van der Waals surface area (Å²) in [7, 11) is 0. The minimum absolute atomic E-state index is 0.0367. The Morgan fingerprint density at radius 1 is 1.00 bits per heavy atom. The first-order valence-electron chi connectivity index (χ1n) is 7.32. The second-order valence-electron chi connectivity index (χ2n) is 5.05. The van der Waals surface area contributed by atoms with Crippen LogP contribution in [0.5, 0.6) is 11.5 Å². The van der Waals surface area contributed by atoms with E-state index in [9.17, 15) is 4.79 Å². The molecule has 2 aromatic rings. The van der Waals surface area contributed by atoms with Crippen LogP contribution < -0.4 is 10.1 Å². The second-order valence-corrected chi connectivity index (χ2v) is 5.05. The molecule has 0 unspecified atom stereocenters. The molecule has 1 amide bonds. The lowest BCUT2D eigenvalue weighted by molar-refractivity contribution is 0.0953. The van der Waals surface area contributed by atoms with Crippen LogP contribution in [-0.2, 0) is 0 Å². The molecule has 0 radical (unpaired) electrons. The van der Waals surface area contributed by atoms with Crippen molar-refractivity contribution < 1.29 is 9.53 Å². The van der Waals surface area contributed by atoms with Gasteiger partial charge in [-0.2, -0.15) is 0 Å². The summed E-state index contributed by atoms with van der Waals surface area (Å²) in [6.07, 6.45) is 2.07. The smallest absolute Gasteiger partial charge is 0.251 e. The summed E-state index contributed by atoms with van der Waals surface area (Å²) in [5, 5.41) is 2.90. The topological polar surface area (TPSA) is 38.3 Å². The van der Waals surface area contributed by atoms with Crippen molar-refractivity contribution in [1.82, 2.24) is 5.32 Å². The Morgan fingerprint density at radius 2 is 1.57 bits per heavy atom. The lowest BCUT2D eigenvalue weighted by Gasteiger charge is -2.07. The first kappa shape index (κ1) is 15.1. The van der Waals surface area contributed by atoms with Crippen LogP contribution in [0.4, 0.5) is 0 Å². The molecule has 0 aliphatic carbocycles. The molecule has 0 spiro atoms. The second kappa shape index (κ2) is 7.48. The van der Waals surface area contributed by atoms with Crippen molar-refractivity contribution in [3.05, 3.63) is 59.7 Å². The zero-order valence-electron chi connectivity index (χ0n) is 12.6. The third kappa shape index (κ3) is 4.63. The van der Waals surface area contributed by atoms with E-state index >= 15 is 0 Å². The van der Waals surface area contributed by atoms with Gasteiger partial charge in [0.25, 0.3) is 5.91 Å². The maximum Gasteiger partial charge on any atom is 0.251 e. The van der Waals surface area contributed by atoms with Crippen LogP contribution >= 0.6 is 0 Å². The zero-order valence-corrected chi connectivity index (χ0v) is 12.6. The number of aryl methyl sites for hydroxylation is 1. The molecular weight excluding hydrogens is 262 g/mol. The number of amides is 1. The predicted octanol–water partition coefficient (Wildman–Crippen LogP) is 4.32. The normalized spacial score (nSPS) is 10.2. The van der Waals surface area contributed by atoms with Gasteiger partial charge in [0.15, 0.2) is 0 Å². The standard InChI is InChI=1S/C18H21NO2/c1-3-4-13-19-18(20)15-7-11-17(12-8-15)21-16-9-5-14(2)6-10-16/h5-12H,3-4,13H2,1-2H3,(H,19,20). The Bertz CT molecular complexity index is 573. The fraction of sp³-hybridized carbons (Fsp3) is 0.278. The van der Waals surface area contributed by atoms with Crippen LogP contribution in [-0.4, -0.2) is 12.5 Å². The molecule has 2 aromatic carbocycles. The Hall–Kier alpha value is -2.29. The lowest BCUT2D eigenvalue weighted by atomic mass is 10.2. The molecule has 0 fully saturated rings. The van der Waals surface area contributed by atoms with E-state index in [1.54, 1.807) is 12.1 Å². The number of ether oxygens (including phenoxy) is 1. The lowest BCUT2D eigenvalue weighted by Crippen LogP contribution is -2.24. The van der Waals surface area contributed by atoms with E-state index < -0.39 is 0 Å². The van der Waals surface area contributed by atoms with Crippen LogP contribution in [0, 0.1) is 6.92 Å². The van der Waals surface area contributed by atoms with Crippen LogP contribution in [0.25, 0.3) is 0 Å². The number of rotatable bonds is 6. The molecule has 0 saturated heterocycles. The highest BCUT2D eigenvalue weighted by molar-refractivity contribution is 5.94. The van der Waals surface area contributed by atoms with E-state index in [4.69, 9.17) is 4.74 Å². The highest BCUT2D eigenvalue weighted by atomic mass is 16.5. The molecule has 21 heavy (non-hydrogen) atoms. The maximum atomic E-state index is 11.9. The van der Waals surface area contributed by atoms with Crippen molar-refractivity contribution in [1.29, 1.82) is 0 Å². The number of nitrogens with one attached hydrogen (secondary N) is 1. The molecule has 0 bridgehead atoms. The molecule has 0 saturated carbocycles. The van der Waals surface area contributed by atoms with Gasteiger partial charge in [-0.25, -0.2) is 0 Å². The van der Waals surface area contributed by atoms with E-state index in [0.29, 0.717) is 5.56 Å². The van der Waals surface area contributed by atoms with Gasteiger partial charge in [0.05, 0.1) is 0 Å². The minimum Gasteiger partial charge on any atom is -0.457 e. The molecule has 3 nitrogen and oxygen atoms in total. The van der Waals surface area contributed by atoms with Gasteiger partial charge >= 0.3 is 0 Å². The first-order chi connectivity index (χ1) is 10.2. The minimum atomic E-state index is -0.0367. The van der Waals surface area contributed by atoms with Gasteiger partial charge in [-0.1, -0.05) is 31.0 Å². The van der Waals surface area contributed by atoms with E-state index in [0.717, 1.165) is 30.9 Å². The van der Waals surface area contributed by atoms with Crippen molar-refractivity contribution in [2.24, 2.45) is 0 Å². The third-order valence-corrected chi connectivity index (χ3v) is 3.19. The molecule has 0 aliphatic rings. The molecule has 1 N–H and O–H groups in total. The van der Waals surface area contributed by atoms with E-state index in [1.165, 1.54) is 5.56 Å². The van der Waals surface area contributed by atoms with E-state index in [2.05, 4.69) is 12.2 Å². The average Bonchev–Trinajstić information content (AvgIpc) is 2.50. The van der Waals surface area contributed by atoms with Crippen molar-refractivity contribution in [3.8, 4) is 11.5 Å². The van der Waals surface area contributed by atoms with Gasteiger partial charge in [-0.15, -0.1) is 0 Å². The summed E-state index contributed by atoms with van der Waals surface area (Å²) in [5.74, 6) is 1.48. The molecule has 110 valence electrons. The first-order valence-corrected chi connectivity index (χ1v) is 7.32. The SMILES string of the molecule is CCCCNC(=O)c1ccc(Oc2ccc(C)cc2)cc1. The number of benzene rings is 2. The quantitative estimate of drug-likeness (QED) is 0.802. The molecule has 0 heterocycles. The molecule has 0 atom stereocenters. The Kier molecular flexibility index (Phi) is 5.38. The molecule has 3 heteroatoms. The fourth-order valence-corrected chi connectivity index (χ4v) is 1.90. The summed E-state index contributed by atoms with van der Waals surface area (Å²) >= 11 is 0. The largest absolute Gasteiger partial charge is 0.457 e. The maximum absolute atomic E-state index is 11.9. The Balaban J connectivity index is 1.95. The fourth-order valence-electron chi connectivity index (χ4n) is 1.90. The Labute approximate surface area is 126 Å². The van der Waals surface area contributed by atoms with Gasteiger partial charge in [0.1, 0.15) is 11.5 Å². The summed E-state index contributed by atoms with van der Waals surface area (Å²) in [6.45, 7) is 4.86. The monoisotopic (exact) mass is 283 g/mol. The van der Waals surface area contributed by atoms with Crippen LogP contribution in [0.2, 0.25) is 0 Å². The van der Waals surface area contributed by atoms with Gasteiger partial charge in [0.2, 0.25) is 0 Å². The van der Waals surface area contributed by atoms with Crippen molar-refractivity contribution in [2.75, 3.05) is 6.54 Å². The third-order valence-electron chi connectivity index (χ3n) is 3.19. The number of hydrogen-bond donors (Lipinski definition) is 1. The number of hydrogen-bond acceptors (Lipinski definition) is 2. The van der Waals surface area contributed by atoms with Crippen molar-refractivity contribution >= 4 is 5.91 Å². The van der Waals surface area contributed by atoms with Gasteiger partial charge in [-0.3, -0.25) is 4.79 Å². The molecular formula is C18H21NO2. The summed E-state index contributed by atoms with van der Waals surface area (Å²) in [4.78, 5) is 11.9. The predicted molar refractivity (Wildman–Crippen MR) is 84.9 cm³/mol. The van der Waals surface area contributed by atoms with Crippen molar-refractivity contribution in [3.63, 3.8) is 0 Å². The van der Waals surface area contributed by atoms with Crippen LogP contribution in [0.15, 0.2) is 48.5 Å². The molecule has 2 rings (SSSR count). The number of unbranched alkanes of at least 4 members (excludes halogenated alkanes) is 1. The van der Waals surface area contributed by atoms with Gasteiger partial charge in [-0.05, 0) is 49.7 Å². The highest BCUT2D eigenvalue weighted by Crippen LogP contribution is 2.21. The summed E-state index contributed by atoms with van der Waals surface area (Å²) < 4.78 is 5.73. The van der Waals surface area contributed by atoms with E-state index in [1.807, 2.05) is 43.3 Å². The van der Waals surface area contributed by atoms with E-state index in [-0.39, 0.29) is 5.91 Å². The highest BCUT2D eigenvalue weighted by Gasteiger charge is 2.05. The summed E-state index contributed by atoms with van der Waals surface area (Å²) in [6, 6.07) is 15.1. The molecule has 0 aromatic heterocycles. The van der Waals surface area contributed by atoms with Gasteiger partial charge in [0, 0.05) is 12.1 Å². The number of carbonyl (C=O) groups is 1. The van der Waals surface area contributed by atoms with Crippen LogP contribution in [0.3, 0.4) is 0 Å². The van der Waals surface area contributed by atoms with Crippen LogP contribution in [0.1, 0.15) is 35.7 Å². The van der Waals surface area contributed by atoms with Gasteiger partial charge < -0.3 is 10.1 Å². The number of carbonyl (C=O) groups excluding carboxylic acids is 1.